The summed E-state index contributed by atoms with van der Waals surface area (Å²) in [4.78, 5) is 3.86. The number of halogens is 2. The molecule has 1 aromatic heterocycles. The molecule has 0 aliphatic carbocycles. The second-order valence-electron chi connectivity index (χ2n) is 3.54. The molecule has 4 nitrogen and oxygen atoms in total. The molecule has 2 rings (SSSR count). The van der Waals surface area contributed by atoms with E-state index in [1.807, 2.05) is 12.1 Å². The molecule has 1 aromatic carbocycles. The Kier molecular flexibility index (Phi) is 3.53. The summed E-state index contributed by atoms with van der Waals surface area (Å²) in [6.45, 7) is 0.411. The molecule has 88 valence electrons. The molecule has 0 bridgehead atoms. The second-order valence-corrected chi connectivity index (χ2v) is 4.36. The zero-order chi connectivity index (χ0) is 13.1. The number of hydrogen-bond donors (Lipinski definition) is 0. The zero-order valence-corrected chi connectivity index (χ0v) is 10.6. The highest BCUT2D eigenvalue weighted by atomic mass is 35.5. The molecule has 0 saturated heterocycles. The van der Waals surface area contributed by atoms with Crippen LogP contribution in [0, 0.1) is 22.7 Å². The Balaban J connectivity index is 2.35. The monoisotopic (exact) mass is 276 g/mol. The first kappa shape index (κ1) is 12.4. The average Bonchev–Trinajstić information content (AvgIpc) is 2.75. The van der Waals surface area contributed by atoms with Gasteiger partial charge in [0.1, 0.15) is 12.1 Å². The van der Waals surface area contributed by atoms with Crippen molar-refractivity contribution in [2.45, 2.75) is 6.54 Å². The molecule has 0 amide bonds. The van der Waals surface area contributed by atoms with Crippen LogP contribution in [0.2, 0.25) is 10.0 Å². The van der Waals surface area contributed by atoms with Crippen molar-refractivity contribution in [1.82, 2.24) is 9.55 Å². The highest BCUT2D eigenvalue weighted by Gasteiger charge is 2.10. The van der Waals surface area contributed by atoms with Crippen molar-refractivity contribution in [2.75, 3.05) is 0 Å². The van der Waals surface area contributed by atoms with E-state index >= 15 is 0 Å². The number of rotatable bonds is 2. The summed E-state index contributed by atoms with van der Waals surface area (Å²) < 4.78 is 1.60. The lowest BCUT2D eigenvalue weighted by atomic mass is 10.2. The van der Waals surface area contributed by atoms with E-state index in [1.165, 1.54) is 6.33 Å². The molecule has 0 N–H and O–H groups in total. The van der Waals surface area contributed by atoms with Gasteiger partial charge in [-0.25, -0.2) is 4.98 Å². The minimum atomic E-state index is 0.123. The lowest BCUT2D eigenvalue weighted by Gasteiger charge is -2.05. The van der Waals surface area contributed by atoms with Gasteiger partial charge in [0.25, 0.3) is 0 Å². The van der Waals surface area contributed by atoms with Crippen LogP contribution in [0.15, 0.2) is 24.5 Å². The molecule has 18 heavy (non-hydrogen) atoms. The van der Waals surface area contributed by atoms with Gasteiger partial charge >= 0.3 is 0 Å². The van der Waals surface area contributed by atoms with E-state index in [9.17, 15) is 0 Å². The molecule has 0 spiro atoms. The van der Waals surface area contributed by atoms with Crippen molar-refractivity contribution >= 4 is 23.2 Å². The van der Waals surface area contributed by atoms with Crippen molar-refractivity contribution in [3.63, 3.8) is 0 Å². The molecule has 0 fully saturated rings. The molecular formula is C12H6Cl2N4. The molecule has 0 unspecified atom stereocenters. The van der Waals surface area contributed by atoms with Crippen molar-refractivity contribution in [1.29, 1.82) is 10.5 Å². The van der Waals surface area contributed by atoms with Crippen LogP contribution < -0.4 is 0 Å². The Morgan fingerprint density at radius 2 is 1.94 bits per heavy atom. The van der Waals surface area contributed by atoms with Crippen molar-refractivity contribution < 1.29 is 0 Å². The molecule has 0 radical (unpaired) electrons. The van der Waals surface area contributed by atoms with Gasteiger partial charge in [0.15, 0.2) is 11.4 Å². The second kappa shape index (κ2) is 5.10. The topological polar surface area (TPSA) is 65.4 Å². The lowest BCUT2D eigenvalue weighted by Crippen LogP contribution is -2.01. The van der Waals surface area contributed by atoms with Crippen LogP contribution in [0.5, 0.6) is 0 Å². The molecule has 0 atom stereocenters. The Morgan fingerprint density at radius 3 is 2.56 bits per heavy atom. The number of aromatic nitrogens is 2. The van der Waals surface area contributed by atoms with Gasteiger partial charge in [-0.05, 0) is 17.7 Å². The predicted octanol–water partition coefficient (Wildman–Crippen LogP) is 2.98. The summed E-state index contributed by atoms with van der Waals surface area (Å²) >= 11 is 11.7. The first-order chi connectivity index (χ1) is 8.65. The standard InChI is InChI=1S/C12H6Cl2N4/c13-9-2-1-8(3-10(9)14)6-18-7-17-11(4-15)12(18)5-16/h1-3,7H,6H2. The number of hydrogen-bond acceptors (Lipinski definition) is 3. The minimum absolute atomic E-state index is 0.123. The maximum Gasteiger partial charge on any atom is 0.176 e. The molecule has 0 saturated carbocycles. The third-order valence-electron chi connectivity index (χ3n) is 2.39. The molecule has 2 aromatic rings. The number of imidazole rings is 1. The van der Waals surface area contributed by atoms with E-state index in [0.29, 0.717) is 16.6 Å². The van der Waals surface area contributed by atoms with E-state index in [2.05, 4.69) is 4.98 Å². The SMILES string of the molecule is N#Cc1ncn(Cc2ccc(Cl)c(Cl)c2)c1C#N. The van der Waals surface area contributed by atoms with E-state index in [0.717, 1.165) is 5.56 Å². The van der Waals surface area contributed by atoms with Gasteiger partial charge in [-0.2, -0.15) is 10.5 Å². The third kappa shape index (κ3) is 2.31. The largest absolute Gasteiger partial charge is 0.317 e. The van der Waals surface area contributed by atoms with E-state index in [4.69, 9.17) is 33.7 Å². The maximum atomic E-state index is 8.99. The summed E-state index contributed by atoms with van der Waals surface area (Å²) in [6, 6.07) is 9.05. The first-order valence-electron chi connectivity index (χ1n) is 4.95. The van der Waals surface area contributed by atoms with Crippen LogP contribution in [-0.4, -0.2) is 9.55 Å². The summed E-state index contributed by atoms with van der Waals surface area (Å²) in [5.41, 5.74) is 1.24. The van der Waals surface area contributed by atoms with Gasteiger partial charge in [-0.3, -0.25) is 0 Å². The predicted molar refractivity (Wildman–Crippen MR) is 67.2 cm³/mol. The van der Waals surface area contributed by atoms with Gasteiger partial charge in [-0.15, -0.1) is 0 Å². The average molecular weight is 277 g/mol. The number of nitriles is 2. The van der Waals surface area contributed by atoms with Crippen LogP contribution in [0.4, 0.5) is 0 Å². The highest BCUT2D eigenvalue weighted by Crippen LogP contribution is 2.23. The Morgan fingerprint density at radius 1 is 1.17 bits per heavy atom. The Bertz CT molecular complexity index is 676. The van der Waals surface area contributed by atoms with Crippen molar-refractivity contribution in [3.8, 4) is 12.1 Å². The van der Waals surface area contributed by atoms with Crippen LogP contribution in [0.3, 0.4) is 0 Å². The van der Waals surface area contributed by atoms with Gasteiger partial charge in [-0.1, -0.05) is 29.3 Å². The zero-order valence-electron chi connectivity index (χ0n) is 9.06. The quantitative estimate of drug-likeness (QED) is 0.847. The number of nitrogens with zero attached hydrogens (tertiary/aromatic N) is 4. The summed E-state index contributed by atoms with van der Waals surface area (Å²) in [5, 5.41) is 18.7. The Labute approximate surface area is 114 Å². The van der Waals surface area contributed by atoms with Crippen LogP contribution >= 0.6 is 23.2 Å². The van der Waals surface area contributed by atoms with E-state index in [1.54, 1.807) is 22.8 Å². The highest BCUT2D eigenvalue weighted by molar-refractivity contribution is 6.42. The molecule has 6 heteroatoms. The number of benzene rings is 1. The third-order valence-corrected chi connectivity index (χ3v) is 3.13. The van der Waals surface area contributed by atoms with E-state index < -0.39 is 0 Å². The lowest BCUT2D eigenvalue weighted by molar-refractivity contribution is 0.785. The van der Waals surface area contributed by atoms with Crippen LogP contribution in [0.25, 0.3) is 0 Å². The van der Waals surface area contributed by atoms with E-state index in [-0.39, 0.29) is 11.4 Å². The van der Waals surface area contributed by atoms with Gasteiger partial charge in [0.05, 0.1) is 16.4 Å². The van der Waals surface area contributed by atoms with Gasteiger partial charge < -0.3 is 4.57 Å². The molecule has 1 heterocycles. The fourth-order valence-corrected chi connectivity index (χ4v) is 1.86. The fourth-order valence-electron chi connectivity index (χ4n) is 1.54. The van der Waals surface area contributed by atoms with Gasteiger partial charge in [0.2, 0.25) is 0 Å². The summed E-state index contributed by atoms with van der Waals surface area (Å²) in [5.74, 6) is 0. The van der Waals surface area contributed by atoms with Gasteiger partial charge in [0, 0.05) is 6.54 Å². The van der Waals surface area contributed by atoms with Crippen molar-refractivity contribution in [3.05, 3.63) is 51.5 Å². The summed E-state index contributed by atoms with van der Waals surface area (Å²) in [6.07, 6.45) is 1.46. The Hall–Kier alpha value is -2.01. The first-order valence-corrected chi connectivity index (χ1v) is 5.70. The molecular weight excluding hydrogens is 271 g/mol. The molecule has 0 aliphatic heterocycles. The smallest absolute Gasteiger partial charge is 0.176 e. The normalized spacial score (nSPS) is 9.78. The maximum absolute atomic E-state index is 8.99. The molecule has 0 aliphatic rings. The minimum Gasteiger partial charge on any atom is -0.317 e. The fraction of sp³-hybridized carbons (Fsp3) is 0.0833. The summed E-state index contributed by atoms with van der Waals surface area (Å²) in [7, 11) is 0. The van der Waals surface area contributed by atoms with Crippen LogP contribution in [0.1, 0.15) is 17.0 Å². The van der Waals surface area contributed by atoms with Crippen LogP contribution in [-0.2, 0) is 6.54 Å². The van der Waals surface area contributed by atoms with Crippen molar-refractivity contribution in [2.24, 2.45) is 0 Å².